The van der Waals surface area contributed by atoms with Crippen molar-refractivity contribution in [1.29, 1.82) is 0 Å². The summed E-state index contributed by atoms with van der Waals surface area (Å²) in [6.45, 7) is 1.68. The number of sulfone groups is 1. The number of aryl methyl sites for hydroxylation is 1. The van der Waals surface area contributed by atoms with Crippen LogP contribution in [0.5, 0.6) is 0 Å². The van der Waals surface area contributed by atoms with Crippen molar-refractivity contribution >= 4 is 27.3 Å². The Morgan fingerprint density at radius 3 is 2.58 bits per heavy atom. The first-order valence-corrected chi connectivity index (χ1v) is 9.70. The summed E-state index contributed by atoms with van der Waals surface area (Å²) >= 11 is 0. The average molecular weight is 386 g/mol. The number of rotatable bonds is 4. The van der Waals surface area contributed by atoms with Crippen LogP contribution in [0.25, 0.3) is 0 Å². The fraction of sp³-hybridized carbons (Fsp3) is 0.375. The minimum Gasteiger partial charge on any atom is -0.366 e. The lowest BCUT2D eigenvalue weighted by Gasteiger charge is -2.16. The monoisotopic (exact) mass is 386 g/mol. The molecule has 3 rings (SSSR count). The highest BCUT2D eigenvalue weighted by molar-refractivity contribution is 7.91. The summed E-state index contributed by atoms with van der Waals surface area (Å²) in [7, 11) is -3.05. The standard InChI is InChI=1S/C16H17F3N4O2S/c1-10-8-14(21-11-6-7-26(24,25)9-11)23-15(20-10)22-13-5-3-2-4-12(13)16(17,18)19/h2-5,8,11H,6-7,9H2,1H3,(H2,20,21,22,23). The van der Waals surface area contributed by atoms with Crippen molar-refractivity contribution in [1.82, 2.24) is 9.97 Å². The maximum atomic E-state index is 13.1. The van der Waals surface area contributed by atoms with Crippen molar-refractivity contribution in [3.8, 4) is 0 Å². The molecular formula is C16H17F3N4O2S. The van der Waals surface area contributed by atoms with Crippen LogP contribution in [0.1, 0.15) is 17.7 Å². The fourth-order valence-corrected chi connectivity index (χ4v) is 4.45. The topological polar surface area (TPSA) is 84.0 Å². The molecule has 1 aliphatic rings. The molecule has 1 aliphatic heterocycles. The van der Waals surface area contributed by atoms with Gasteiger partial charge >= 0.3 is 6.18 Å². The Balaban J connectivity index is 1.83. The van der Waals surface area contributed by atoms with Gasteiger partial charge in [-0.15, -0.1) is 0 Å². The number of benzene rings is 1. The van der Waals surface area contributed by atoms with E-state index in [1.54, 1.807) is 13.0 Å². The molecule has 0 spiro atoms. The molecule has 2 aromatic rings. The second-order valence-corrected chi connectivity index (χ2v) is 8.36. The number of nitrogens with one attached hydrogen (secondary N) is 2. The summed E-state index contributed by atoms with van der Waals surface area (Å²) in [6, 6.07) is 6.40. The van der Waals surface area contributed by atoms with Crippen LogP contribution in [0.15, 0.2) is 30.3 Å². The Hall–Kier alpha value is -2.36. The molecule has 10 heteroatoms. The van der Waals surface area contributed by atoms with Gasteiger partial charge in [0.2, 0.25) is 5.95 Å². The van der Waals surface area contributed by atoms with Gasteiger partial charge in [0.1, 0.15) is 5.82 Å². The summed E-state index contributed by atoms with van der Waals surface area (Å²) in [5.74, 6) is 0.491. The molecule has 2 heterocycles. The third-order valence-corrected chi connectivity index (χ3v) is 5.69. The van der Waals surface area contributed by atoms with Gasteiger partial charge in [-0.3, -0.25) is 0 Å². The quantitative estimate of drug-likeness (QED) is 0.840. The summed E-state index contributed by atoms with van der Waals surface area (Å²) in [5.41, 5.74) is -0.433. The molecular weight excluding hydrogens is 369 g/mol. The van der Waals surface area contributed by atoms with Crippen LogP contribution < -0.4 is 10.6 Å². The highest BCUT2D eigenvalue weighted by Gasteiger charge is 2.33. The molecule has 26 heavy (non-hydrogen) atoms. The lowest BCUT2D eigenvalue weighted by atomic mass is 10.1. The Labute approximate surface area is 148 Å². The Morgan fingerprint density at radius 2 is 1.92 bits per heavy atom. The Morgan fingerprint density at radius 1 is 1.19 bits per heavy atom. The first kappa shape index (κ1) is 18.4. The average Bonchev–Trinajstić information content (AvgIpc) is 2.85. The molecule has 0 aliphatic carbocycles. The zero-order valence-corrected chi connectivity index (χ0v) is 14.7. The zero-order chi connectivity index (χ0) is 18.9. The predicted octanol–water partition coefficient (Wildman–Crippen LogP) is 3.15. The lowest BCUT2D eigenvalue weighted by Crippen LogP contribution is -2.21. The molecule has 0 amide bonds. The third kappa shape index (κ3) is 4.43. The Bertz CT molecular complexity index is 916. The summed E-state index contributed by atoms with van der Waals surface area (Å²) in [6.07, 6.45) is -4.04. The zero-order valence-electron chi connectivity index (χ0n) is 13.8. The first-order chi connectivity index (χ1) is 12.1. The van der Waals surface area contributed by atoms with Crippen LogP contribution in [-0.4, -0.2) is 35.9 Å². The summed E-state index contributed by atoms with van der Waals surface area (Å²) in [5, 5.41) is 5.62. The second kappa shape index (κ2) is 6.75. The van der Waals surface area contributed by atoms with Gasteiger partial charge in [0, 0.05) is 17.8 Å². The third-order valence-electron chi connectivity index (χ3n) is 3.92. The number of aromatic nitrogens is 2. The van der Waals surface area contributed by atoms with Crippen LogP contribution in [0.2, 0.25) is 0 Å². The van der Waals surface area contributed by atoms with Crippen molar-refractivity contribution in [3.63, 3.8) is 0 Å². The van der Waals surface area contributed by atoms with E-state index in [1.165, 1.54) is 18.2 Å². The number of hydrogen-bond acceptors (Lipinski definition) is 6. The normalized spacial score (nSPS) is 19.3. The van der Waals surface area contributed by atoms with Crippen LogP contribution in [0, 0.1) is 6.92 Å². The minimum atomic E-state index is -4.51. The predicted molar refractivity (Wildman–Crippen MR) is 92.2 cm³/mol. The Kier molecular flexibility index (Phi) is 4.78. The van der Waals surface area contributed by atoms with Crippen molar-refractivity contribution in [2.24, 2.45) is 0 Å². The number of halogens is 3. The van der Waals surface area contributed by atoms with Crippen LogP contribution in [0.4, 0.5) is 30.6 Å². The van der Waals surface area contributed by atoms with E-state index in [-0.39, 0.29) is 29.2 Å². The van der Waals surface area contributed by atoms with Crippen molar-refractivity contribution < 1.29 is 21.6 Å². The SMILES string of the molecule is Cc1cc(NC2CCS(=O)(=O)C2)nc(Nc2ccccc2C(F)(F)F)n1. The molecule has 1 atom stereocenters. The van der Waals surface area contributed by atoms with Gasteiger partial charge in [-0.1, -0.05) is 12.1 Å². The first-order valence-electron chi connectivity index (χ1n) is 7.88. The summed E-state index contributed by atoms with van der Waals surface area (Å²) in [4.78, 5) is 8.28. The molecule has 6 nitrogen and oxygen atoms in total. The van der Waals surface area contributed by atoms with Gasteiger partial charge < -0.3 is 10.6 Å². The smallest absolute Gasteiger partial charge is 0.366 e. The van der Waals surface area contributed by atoms with E-state index in [4.69, 9.17) is 0 Å². The van der Waals surface area contributed by atoms with E-state index < -0.39 is 21.6 Å². The second-order valence-electron chi connectivity index (χ2n) is 6.13. The van der Waals surface area contributed by atoms with E-state index in [0.717, 1.165) is 6.07 Å². The van der Waals surface area contributed by atoms with Crippen molar-refractivity contribution in [2.75, 3.05) is 22.1 Å². The molecule has 1 aromatic heterocycles. The van der Waals surface area contributed by atoms with Gasteiger partial charge in [0.15, 0.2) is 9.84 Å². The maximum absolute atomic E-state index is 13.1. The molecule has 0 bridgehead atoms. The number of hydrogen-bond donors (Lipinski definition) is 2. The highest BCUT2D eigenvalue weighted by atomic mass is 32.2. The molecule has 140 valence electrons. The van der Waals surface area contributed by atoms with Gasteiger partial charge in [-0.05, 0) is 25.5 Å². The molecule has 0 radical (unpaired) electrons. The van der Waals surface area contributed by atoms with Crippen LogP contribution in [-0.2, 0) is 16.0 Å². The molecule has 1 fully saturated rings. The molecule has 1 saturated heterocycles. The van der Waals surface area contributed by atoms with Crippen LogP contribution in [0.3, 0.4) is 0 Å². The number of alkyl halides is 3. The molecule has 2 N–H and O–H groups in total. The van der Waals surface area contributed by atoms with Gasteiger partial charge in [0.05, 0.1) is 22.8 Å². The molecule has 1 aromatic carbocycles. The van der Waals surface area contributed by atoms with E-state index in [2.05, 4.69) is 20.6 Å². The van der Waals surface area contributed by atoms with Crippen molar-refractivity contribution in [2.45, 2.75) is 25.6 Å². The van der Waals surface area contributed by atoms with E-state index >= 15 is 0 Å². The fourth-order valence-electron chi connectivity index (χ4n) is 2.78. The molecule has 1 unspecified atom stereocenters. The number of para-hydroxylation sites is 1. The highest BCUT2D eigenvalue weighted by Crippen LogP contribution is 2.35. The van der Waals surface area contributed by atoms with Gasteiger partial charge in [-0.25, -0.2) is 13.4 Å². The molecule has 0 saturated carbocycles. The van der Waals surface area contributed by atoms with E-state index in [1.807, 2.05) is 0 Å². The van der Waals surface area contributed by atoms with Crippen LogP contribution >= 0.6 is 0 Å². The van der Waals surface area contributed by atoms with E-state index in [0.29, 0.717) is 17.9 Å². The van der Waals surface area contributed by atoms with Crippen molar-refractivity contribution in [3.05, 3.63) is 41.6 Å². The largest absolute Gasteiger partial charge is 0.418 e. The van der Waals surface area contributed by atoms with Gasteiger partial charge in [0.25, 0.3) is 0 Å². The van der Waals surface area contributed by atoms with Gasteiger partial charge in [-0.2, -0.15) is 18.2 Å². The maximum Gasteiger partial charge on any atom is 0.418 e. The number of anilines is 3. The van der Waals surface area contributed by atoms with E-state index in [9.17, 15) is 21.6 Å². The number of nitrogens with zero attached hydrogens (tertiary/aromatic N) is 2. The lowest BCUT2D eigenvalue weighted by molar-refractivity contribution is -0.136. The summed E-state index contributed by atoms with van der Waals surface area (Å²) < 4.78 is 62.4. The minimum absolute atomic E-state index is 0.00468.